The van der Waals surface area contributed by atoms with Gasteiger partial charge < -0.3 is 16.0 Å². The van der Waals surface area contributed by atoms with Crippen molar-refractivity contribution in [2.24, 2.45) is 5.73 Å². The van der Waals surface area contributed by atoms with Crippen LogP contribution in [0.4, 0.5) is 0 Å². The van der Waals surface area contributed by atoms with Gasteiger partial charge in [-0.1, -0.05) is 6.08 Å². The highest BCUT2D eigenvalue weighted by Gasteiger charge is 2.10. The summed E-state index contributed by atoms with van der Waals surface area (Å²) in [5, 5.41) is 3.28. The molecule has 0 aliphatic carbocycles. The van der Waals surface area contributed by atoms with Crippen LogP contribution >= 0.6 is 37.2 Å². The number of nitrogens with one attached hydrogen (secondary N) is 1. The van der Waals surface area contributed by atoms with E-state index in [4.69, 9.17) is 5.73 Å². The van der Waals surface area contributed by atoms with Gasteiger partial charge in [0.25, 0.3) is 0 Å². The van der Waals surface area contributed by atoms with Gasteiger partial charge in [0.15, 0.2) is 0 Å². The molecule has 0 saturated heterocycles. The van der Waals surface area contributed by atoms with Crippen molar-refractivity contribution in [3.05, 3.63) is 48.0 Å². The van der Waals surface area contributed by atoms with Crippen molar-refractivity contribution >= 4 is 37.2 Å². The number of rotatable bonds is 3. The first kappa shape index (κ1) is 18.7. The summed E-state index contributed by atoms with van der Waals surface area (Å²) in [6.07, 6.45) is 12.6. The van der Waals surface area contributed by atoms with E-state index in [2.05, 4.69) is 34.6 Å². The quantitative estimate of drug-likeness (QED) is 0.837. The molecule has 0 spiro atoms. The topological polar surface area (TPSA) is 41.3 Å². The smallest absolute Gasteiger partial charge is 0.0429 e. The summed E-state index contributed by atoms with van der Waals surface area (Å²) in [4.78, 5) is 2.20. The van der Waals surface area contributed by atoms with Crippen molar-refractivity contribution in [3.8, 4) is 0 Å². The maximum absolute atomic E-state index is 5.43. The molecule has 0 fully saturated rings. The summed E-state index contributed by atoms with van der Waals surface area (Å²) < 4.78 is 0. The Morgan fingerprint density at radius 1 is 1.24 bits per heavy atom. The predicted octanol–water partition coefficient (Wildman–Crippen LogP) is 1.97. The summed E-state index contributed by atoms with van der Waals surface area (Å²) in [5.74, 6) is 0. The normalized spacial score (nSPS) is 15.5. The van der Waals surface area contributed by atoms with Crippen LogP contribution in [0.1, 0.15) is 0 Å². The van der Waals surface area contributed by atoms with Crippen LogP contribution in [-0.2, 0) is 0 Å². The summed E-state index contributed by atoms with van der Waals surface area (Å²) in [6, 6.07) is 0. The molecule has 3 N–H and O–H groups in total. The fraction of sp³-hybridized carbons (Fsp3) is 0.273. The second-order valence-electron chi connectivity index (χ2n) is 3.30. The minimum atomic E-state index is 0. The summed E-state index contributed by atoms with van der Waals surface area (Å²) in [7, 11) is 0. The van der Waals surface area contributed by atoms with E-state index in [9.17, 15) is 0 Å². The number of hydrogen-bond acceptors (Lipinski definition) is 3. The van der Waals surface area contributed by atoms with Crippen LogP contribution in [0.2, 0.25) is 0 Å². The third kappa shape index (κ3) is 5.04. The lowest BCUT2D eigenvalue weighted by Gasteiger charge is -2.26. The number of hydrogen-bond donors (Lipinski definition) is 2. The van der Waals surface area contributed by atoms with Crippen molar-refractivity contribution in [3.63, 3.8) is 0 Å². The van der Waals surface area contributed by atoms with Crippen LogP contribution < -0.4 is 11.1 Å². The second-order valence-corrected chi connectivity index (χ2v) is 3.30. The van der Waals surface area contributed by atoms with Gasteiger partial charge in [-0.05, 0) is 24.3 Å². The molecule has 6 heteroatoms. The molecule has 0 radical (unpaired) electrons. The van der Waals surface area contributed by atoms with Crippen LogP contribution in [0, 0.1) is 0 Å². The molecule has 0 amide bonds. The molecular formula is C11H18Cl3N3. The molecule has 0 saturated carbocycles. The van der Waals surface area contributed by atoms with Crippen LogP contribution in [0.3, 0.4) is 0 Å². The zero-order valence-corrected chi connectivity index (χ0v) is 11.8. The van der Waals surface area contributed by atoms with E-state index in [1.165, 1.54) is 11.4 Å². The Balaban J connectivity index is 0. The lowest BCUT2D eigenvalue weighted by atomic mass is 10.1. The van der Waals surface area contributed by atoms with Gasteiger partial charge in [-0.3, -0.25) is 0 Å². The fourth-order valence-corrected chi connectivity index (χ4v) is 1.54. The molecule has 0 atom stereocenters. The Morgan fingerprint density at radius 3 is 2.71 bits per heavy atom. The van der Waals surface area contributed by atoms with Crippen molar-refractivity contribution in [1.29, 1.82) is 0 Å². The van der Waals surface area contributed by atoms with E-state index in [1.54, 1.807) is 0 Å². The van der Waals surface area contributed by atoms with E-state index in [1.807, 2.05) is 12.2 Å². The molecule has 17 heavy (non-hydrogen) atoms. The summed E-state index contributed by atoms with van der Waals surface area (Å²) >= 11 is 0. The monoisotopic (exact) mass is 297 g/mol. The van der Waals surface area contributed by atoms with Gasteiger partial charge in [0.1, 0.15) is 0 Å². The molecule has 0 aromatic rings. The minimum absolute atomic E-state index is 0. The molecule has 2 heterocycles. The van der Waals surface area contributed by atoms with E-state index < -0.39 is 0 Å². The second kappa shape index (κ2) is 9.42. The van der Waals surface area contributed by atoms with Gasteiger partial charge >= 0.3 is 0 Å². The van der Waals surface area contributed by atoms with Crippen molar-refractivity contribution < 1.29 is 0 Å². The minimum Gasteiger partial charge on any atom is -0.384 e. The Kier molecular flexibility index (Phi) is 10.4. The number of allylic oxidation sites excluding steroid dienone is 4. The number of fused-ring (bicyclic) bond motifs is 1. The number of nitrogens with two attached hydrogens (primary N) is 1. The molecule has 0 bridgehead atoms. The zero-order chi connectivity index (χ0) is 9.80. The van der Waals surface area contributed by atoms with Crippen LogP contribution in [0.5, 0.6) is 0 Å². The Labute approximate surface area is 121 Å². The summed E-state index contributed by atoms with van der Waals surface area (Å²) in [6.45, 7) is 2.43. The molecule has 0 unspecified atom stereocenters. The van der Waals surface area contributed by atoms with Gasteiger partial charge in [-0.25, -0.2) is 0 Å². The molecular weight excluding hydrogens is 281 g/mol. The summed E-state index contributed by atoms with van der Waals surface area (Å²) in [5.41, 5.74) is 7.83. The largest absolute Gasteiger partial charge is 0.384 e. The third-order valence-corrected chi connectivity index (χ3v) is 2.26. The van der Waals surface area contributed by atoms with E-state index in [-0.39, 0.29) is 37.2 Å². The van der Waals surface area contributed by atoms with Gasteiger partial charge in [0.05, 0.1) is 0 Å². The van der Waals surface area contributed by atoms with Crippen molar-refractivity contribution in [2.45, 2.75) is 0 Å². The average Bonchev–Trinajstić information content (AvgIpc) is 2.26. The Morgan fingerprint density at radius 2 is 2.00 bits per heavy atom. The SMILES string of the molecule is Cl.Cl.Cl.NCCNC1=CCN2C=CC=CC2=C1. The maximum atomic E-state index is 5.43. The van der Waals surface area contributed by atoms with E-state index >= 15 is 0 Å². The van der Waals surface area contributed by atoms with E-state index in [0.717, 1.165) is 13.1 Å². The van der Waals surface area contributed by atoms with E-state index in [0.29, 0.717) is 6.54 Å². The first-order valence-electron chi connectivity index (χ1n) is 4.87. The Bertz CT molecular complexity index is 335. The van der Waals surface area contributed by atoms with Crippen LogP contribution in [-0.4, -0.2) is 24.5 Å². The van der Waals surface area contributed by atoms with Gasteiger partial charge in [-0.2, -0.15) is 0 Å². The van der Waals surface area contributed by atoms with Gasteiger partial charge in [0.2, 0.25) is 0 Å². The predicted molar refractivity (Wildman–Crippen MR) is 80.0 cm³/mol. The standard InChI is InChI=1S/C11H15N3.3ClH/c12-5-6-13-10-4-8-14-7-2-1-3-11(14)9-10;;;/h1-4,7,9,13H,5-6,8,12H2;3*1H. The lowest BCUT2D eigenvalue weighted by molar-refractivity contribution is 0.516. The molecule has 2 rings (SSSR count). The number of halogens is 3. The molecule has 98 valence electrons. The van der Waals surface area contributed by atoms with Gasteiger partial charge in [-0.15, -0.1) is 37.2 Å². The van der Waals surface area contributed by atoms with Gasteiger partial charge in [0, 0.05) is 37.2 Å². The highest BCUT2D eigenvalue weighted by molar-refractivity contribution is 5.86. The maximum Gasteiger partial charge on any atom is 0.0429 e. The first-order chi connectivity index (χ1) is 6.90. The molecule has 0 aromatic carbocycles. The highest BCUT2D eigenvalue weighted by Crippen LogP contribution is 2.17. The zero-order valence-electron chi connectivity index (χ0n) is 9.33. The molecule has 0 aromatic heterocycles. The van der Waals surface area contributed by atoms with Crippen molar-refractivity contribution in [2.75, 3.05) is 19.6 Å². The number of nitrogens with zero attached hydrogens (tertiary/aromatic N) is 1. The fourth-order valence-electron chi connectivity index (χ4n) is 1.54. The highest BCUT2D eigenvalue weighted by atomic mass is 35.5. The molecule has 2 aliphatic heterocycles. The molecule has 3 nitrogen and oxygen atoms in total. The third-order valence-electron chi connectivity index (χ3n) is 2.26. The van der Waals surface area contributed by atoms with Crippen LogP contribution in [0.15, 0.2) is 48.0 Å². The van der Waals surface area contributed by atoms with Crippen LogP contribution in [0.25, 0.3) is 0 Å². The first-order valence-corrected chi connectivity index (χ1v) is 4.87. The van der Waals surface area contributed by atoms with Crippen molar-refractivity contribution in [1.82, 2.24) is 10.2 Å². The Hall–Kier alpha value is -0.610. The average molecular weight is 299 g/mol. The lowest BCUT2D eigenvalue weighted by Crippen LogP contribution is -2.27. The molecule has 2 aliphatic rings.